The van der Waals surface area contributed by atoms with Gasteiger partial charge in [0.05, 0.1) is 23.9 Å². The van der Waals surface area contributed by atoms with Crippen molar-refractivity contribution < 1.29 is 28.3 Å². The number of hydrogen-bond donors (Lipinski definition) is 1. The van der Waals surface area contributed by atoms with Crippen LogP contribution in [0.5, 0.6) is 11.5 Å². The minimum Gasteiger partial charge on any atom is -0.493 e. The summed E-state index contributed by atoms with van der Waals surface area (Å²) in [6.45, 7) is 7.56. The number of aryl methyl sites for hydroxylation is 4. The molecule has 8 nitrogen and oxygen atoms in total. The highest BCUT2D eigenvalue weighted by atomic mass is 16.5. The number of methoxy groups -OCH3 is 1. The van der Waals surface area contributed by atoms with Crippen molar-refractivity contribution in [2.24, 2.45) is 0 Å². The number of nitrogens with one attached hydrogen (secondary N) is 1. The molecule has 0 atom stereocenters. The maximum atomic E-state index is 12.5. The van der Waals surface area contributed by atoms with Gasteiger partial charge in [-0.2, -0.15) is 0 Å². The Bertz CT molecular complexity index is 1130. The SMILES string of the molecule is CCc1cccc(CC)c1NC(=O)COC(=O)c1ccc(OCc2c(C)noc2C)c(OC)c1. The number of nitrogens with zero attached hydrogens (tertiary/aromatic N) is 1. The van der Waals surface area contributed by atoms with Crippen molar-refractivity contribution in [2.75, 3.05) is 19.0 Å². The molecule has 1 N–H and O–H groups in total. The summed E-state index contributed by atoms with van der Waals surface area (Å²) in [5.74, 6) is 0.485. The number of ether oxygens (including phenoxy) is 3. The Balaban J connectivity index is 1.62. The van der Waals surface area contributed by atoms with Gasteiger partial charge >= 0.3 is 5.97 Å². The second kappa shape index (κ2) is 11.4. The Hall–Kier alpha value is -3.81. The average molecular weight is 467 g/mol. The fourth-order valence-corrected chi connectivity index (χ4v) is 3.56. The lowest BCUT2D eigenvalue weighted by atomic mass is 10.0. The number of benzene rings is 2. The first-order valence-electron chi connectivity index (χ1n) is 11.2. The topological polar surface area (TPSA) is 99.9 Å². The molecule has 8 heteroatoms. The monoisotopic (exact) mass is 466 g/mol. The molecule has 1 heterocycles. The standard InChI is InChI=1S/C26H30N2O6/c1-6-18-9-8-10-19(7-2)25(18)27-24(29)15-33-26(30)20-11-12-22(23(13-20)31-5)32-14-21-16(3)28-34-17(21)4/h8-13H,6-7,14-15H2,1-5H3,(H,27,29). The number of rotatable bonds is 10. The second-order valence-corrected chi connectivity index (χ2v) is 7.74. The largest absolute Gasteiger partial charge is 0.493 e. The molecule has 180 valence electrons. The summed E-state index contributed by atoms with van der Waals surface area (Å²) < 4.78 is 21.6. The van der Waals surface area contributed by atoms with Crippen molar-refractivity contribution in [1.82, 2.24) is 5.16 Å². The number of carbonyl (C=O) groups is 2. The Morgan fingerprint density at radius 2 is 1.74 bits per heavy atom. The fraction of sp³-hybridized carbons (Fsp3) is 0.346. The molecule has 1 aromatic heterocycles. The van der Waals surface area contributed by atoms with Gasteiger partial charge in [-0.15, -0.1) is 0 Å². The Morgan fingerprint density at radius 3 is 2.32 bits per heavy atom. The lowest BCUT2D eigenvalue weighted by Gasteiger charge is -2.15. The van der Waals surface area contributed by atoms with Gasteiger partial charge in [0, 0.05) is 5.69 Å². The molecule has 0 aliphatic heterocycles. The molecular formula is C26H30N2O6. The zero-order valence-electron chi connectivity index (χ0n) is 20.2. The maximum Gasteiger partial charge on any atom is 0.338 e. The van der Waals surface area contributed by atoms with E-state index in [1.165, 1.54) is 13.2 Å². The second-order valence-electron chi connectivity index (χ2n) is 7.74. The van der Waals surface area contributed by atoms with Crippen LogP contribution in [-0.4, -0.2) is 30.7 Å². The van der Waals surface area contributed by atoms with E-state index >= 15 is 0 Å². The highest BCUT2D eigenvalue weighted by Gasteiger charge is 2.17. The van der Waals surface area contributed by atoms with E-state index in [0.717, 1.165) is 40.9 Å². The molecule has 3 rings (SSSR count). The minimum absolute atomic E-state index is 0.248. The van der Waals surface area contributed by atoms with Gasteiger partial charge in [0.25, 0.3) is 5.91 Å². The first-order chi connectivity index (χ1) is 16.4. The molecular weight excluding hydrogens is 436 g/mol. The van der Waals surface area contributed by atoms with Gasteiger partial charge in [0.15, 0.2) is 18.1 Å². The van der Waals surface area contributed by atoms with E-state index < -0.39 is 18.5 Å². The van der Waals surface area contributed by atoms with Crippen LogP contribution in [0, 0.1) is 13.8 Å². The zero-order chi connectivity index (χ0) is 24.7. The van der Waals surface area contributed by atoms with E-state index in [0.29, 0.717) is 17.3 Å². The van der Waals surface area contributed by atoms with Gasteiger partial charge in [-0.1, -0.05) is 37.2 Å². The number of esters is 1. The van der Waals surface area contributed by atoms with Gasteiger partial charge in [0.2, 0.25) is 0 Å². The summed E-state index contributed by atoms with van der Waals surface area (Å²) in [4.78, 5) is 25.0. The lowest BCUT2D eigenvalue weighted by Crippen LogP contribution is -2.22. The van der Waals surface area contributed by atoms with Gasteiger partial charge < -0.3 is 24.1 Å². The maximum absolute atomic E-state index is 12.5. The Kier molecular flexibility index (Phi) is 8.29. The summed E-state index contributed by atoms with van der Waals surface area (Å²) in [6.07, 6.45) is 1.57. The van der Waals surface area contributed by atoms with Gasteiger partial charge in [-0.3, -0.25) is 4.79 Å². The summed E-state index contributed by atoms with van der Waals surface area (Å²) >= 11 is 0. The smallest absolute Gasteiger partial charge is 0.338 e. The normalized spacial score (nSPS) is 10.6. The molecule has 1 amide bonds. The molecule has 0 aliphatic carbocycles. The molecule has 0 bridgehead atoms. The lowest BCUT2D eigenvalue weighted by molar-refractivity contribution is -0.119. The van der Waals surface area contributed by atoms with E-state index in [9.17, 15) is 9.59 Å². The van der Waals surface area contributed by atoms with Crippen LogP contribution >= 0.6 is 0 Å². The summed E-state index contributed by atoms with van der Waals surface area (Å²) in [6, 6.07) is 10.6. The van der Waals surface area contributed by atoms with Crippen LogP contribution in [0.2, 0.25) is 0 Å². The molecule has 2 aromatic carbocycles. The van der Waals surface area contributed by atoms with E-state index in [1.807, 2.05) is 45.9 Å². The van der Waals surface area contributed by atoms with Crippen molar-refractivity contribution in [1.29, 1.82) is 0 Å². The molecule has 3 aromatic rings. The first-order valence-corrected chi connectivity index (χ1v) is 11.2. The highest BCUT2D eigenvalue weighted by molar-refractivity contribution is 5.96. The van der Waals surface area contributed by atoms with Crippen LogP contribution < -0.4 is 14.8 Å². The van der Waals surface area contributed by atoms with Crippen LogP contribution in [0.4, 0.5) is 5.69 Å². The van der Waals surface area contributed by atoms with Crippen molar-refractivity contribution >= 4 is 17.6 Å². The number of hydrogen-bond acceptors (Lipinski definition) is 7. The van der Waals surface area contributed by atoms with Crippen LogP contribution in [0.15, 0.2) is 40.9 Å². The molecule has 34 heavy (non-hydrogen) atoms. The summed E-state index contributed by atoms with van der Waals surface area (Å²) in [5, 5.41) is 6.79. The molecule has 0 radical (unpaired) electrons. The molecule has 0 aliphatic rings. The first kappa shape index (κ1) is 24.8. The molecule has 0 unspecified atom stereocenters. The zero-order valence-corrected chi connectivity index (χ0v) is 20.2. The van der Waals surface area contributed by atoms with Crippen molar-refractivity contribution in [3.63, 3.8) is 0 Å². The van der Waals surface area contributed by atoms with E-state index in [4.69, 9.17) is 18.7 Å². The van der Waals surface area contributed by atoms with Crippen molar-refractivity contribution in [2.45, 2.75) is 47.1 Å². The van der Waals surface area contributed by atoms with Crippen LogP contribution in [0.25, 0.3) is 0 Å². The predicted octanol–water partition coefficient (Wildman–Crippen LogP) is 4.80. The van der Waals surface area contributed by atoms with Crippen molar-refractivity contribution in [3.05, 3.63) is 70.1 Å². The number of para-hydroxylation sites is 1. The van der Waals surface area contributed by atoms with Gasteiger partial charge in [-0.05, 0) is 56.0 Å². The van der Waals surface area contributed by atoms with Crippen LogP contribution in [-0.2, 0) is 29.0 Å². The molecule has 0 saturated heterocycles. The van der Waals surface area contributed by atoms with E-state index in [1.54, 1.807) is 12.1 Å². The molecule has 0 saturated carbocycles. The third kappa shape index (κ3) is 5.75. The molecule has 0 spiro atoms. The Labute approximate surface area is 199 Å². The van der Waals surface area contributed by atoms with Crippen LogP contribution in [0.3, 0.4) is 0 Å². The number of aromatic nitrogens is 1. The number of amides is 1. The quantitative estimate of drug-likeness (QED) is 0.429. The van der Waals surface area contributed by atoms with E-state index in [2.05, 4.69) is 10.5 Å². The molecule has 0 fully saturated rings. The number of anilines is 1. The predicted molar refractivity (Wildman–Crippen MR) is 127 cm³/mol. The van der Waals surface area contributed by atoms with Crippen LogP contribution in [0.1, 0.15) is 52.3 Å². The Morgan fingerprint density at radius 1 is 1.03 bits per heavy atom. The van der Waals surface area contributed by atoms with Crippen molar-refractivity contribution in [3.8, 4) is 11.5 Å². The van der Waals surface area contributed by atoms with Gasteiger partial charge in [0.1, 0.15) is 12.4 Å². The van der Waals surface area contributed by atoms with E-state index in [-0.39, 0.29) is 12.2 Å². The van der Waals surface area contributed by atoms with Gasteiger partial charge in [-0.25, -0.2) is 4.79 Å². The summed E-state index contributed by atoms with van der Waals surface area (Å²) in [7, 11) is 1.48. The number of carbonyl (C=O) groups excluding carboxylic acids is 2. The third-order valence-corrected chi connectivity index (χ3v) is 5.55. The summed E-state index contributed by atoms with van der Waals surface area (Å²) in [5.41, 5.74) is 4.72. The third-order valence-electron chi connectivity index (χ3n) is 5.55. The average Bonchev–Trinajstić information content (AvgIpc) is 3.17. The fourth-order valence-electron chi connectivity index (χ4n) is 3.56. The highest BCUT2D eigenvalue weighted by Crippen LogP contribution is 2.30. The minimum atomic E-state index is -0.634.